The van der Waals surface area contributed by atoms with Gasteiger partial charge in [-0.05, 0) is 48.2 Å². The second kappa shape index (κ2) is 7.26. The number of hydrogen-bond acceptors (Lipinski definition) is 5. The van der Waals surface area contributed by atoms with Crippen molar-refractivity contribution >= 4 is 28.4 Å². The minimum Gasteiger partial charge on any atom is -0.481 e. The lowest BCUT2D eigenvalue weighted by molar-refractivity contribution is -0.384. The van der Waals surface area contributed by atoms with Gasteiger partial charge in [0.05, 0.1) is 16.4 Å². The van der Waals surface area contributed by atoms with Gasteiger partial charge in [0.25, 0.3) is 5.69 Å². The van der Waals surface area contributed by atoms with Crippen LogP contribution in [0.1, 0.15) is 12.8 Å². The molecule has 0 radical (unpaired) electrons. The Kier molecular flexibility index (Phi) is 4.65. The van der Waals surface area contributed by atoms with E-state index in [9.17, 15) is 14.9 Å². The molecule has 0 bridgehead atoms. The van der Waals surface area contributed by atoms with Crippen molar-refractivity contribution in [2.45, 2.75) is 12.8 Å². The van der Waals surface area contributed by atoms with Gasteiger partial charge in [-0.2, -0.15) is 0 Å². The van der Waals surface area contributed by atoms with Crippen LogP contribution in [0.4, 0.5) is 11.5 Å². The number of aromatic nitrogens is 1. The van der Waals surface area contributed by atoms with E-state index in [2.05, 4.69) is 4.90 Å². The quantitative estimate of drug-likeness (QED) is 0.543. The van der Waals surface area contributed by atoms with Crippen molar-refractivity contribution in [2.75, 3.05) is 18.0 Å². The van der Waals surface area contributed by atoms with Gasteiger partial charge in [-0.3, -0.25) is 14.9 Å². The monoisotopic (exact) mass is 377 g/mol. The number of fused-ring (bicyclic) bond motifs is 1. The maximum atomic E-state index is 11.1. The third-order valence-electron chi connectivity index (χ3n) is 5.23. The van der Waals surface area contributed by atoms with E-state index in [0.29, 0.717) is 25.9 Å². The average molecular weight is 377 g/mol. The molecule has 0 amide bonds. The topological polar surface area (TPSA) is 96.6 Å². The highest BCUT2D eigenvalue weighted by atomic mass is 16.6. The van der Waals surface area contributed by atoms with Gasteiger partial charge in [0.15, 0.2) is 0 Å². The molecule has 3 aromatic rings. The molecule has 4 rings (SSSR count). The van der Waals surface area contributed by atoms with E-state index in [1.807, 2.05) is 36.4 Å². The van der Waals surface area contributed by atoms with E-state index in [1.165, 1.54) is 6.07 Å². The number of nitrogens with zero attached hydrogens (tertiary/aromatic N) is 3. The normalized spacial score (nSPS) is 14.9. The molecule has 0 saturated carbocycles. The first-order valence-corrected chi connectivity index (χ1v) is 9.15. The van der Waals surface area contributed by atoms with Crippen molar-refractivity contribution < 1.29 is 14.8 Å². The summed E-state index contributed by atoms with van der Waals surface area (Å²) in [6.07, 6.45) is 1.25. The van der Waals surface area contributed by atoms with Gasteiger partial charge in [0, 0.05) is 30.6 Å². The van der Waals surface area contributed by atoms with Gasteiger partial charge in [-0.1, -0.05) is 18.2 Å². The third kappa shape index (κ3) is 3.51. The Labute approximate surface area is 161 Å². The van der Waals surface area contributed by atoms with Crippen LogP contribution in [-0.2, 0) is 4.79 Å². The standard InChI is InChI=1S/C21H19N3O4/c25-21(26)14-8-10-23(11-9-14)20-7-5-17-12-16(4-6-19(17)22-20)15-2-1-3-18(13-15)24(27)28/h1-7,12-14H,8-11H2,(H,25,26). The first-order chi connectivity index (χ1) is 13.5. The highest BCUT2D eigenvalue weighted by molar-refractivity contribution is 5.86. The molecule has 1 N–H and O–H groups in total. The molecule has 1 aliphatic heterocycles. The van der Waals surface area contributed by atoms with E-state index >= 15 is 0 Å². The predicted octanol–water partition coefficient (Wildman–Crippen LogP) is 4.11. The number of nitro benzene ring substituents is 1. The van der Waals surface area contributed by atoms with Crippen LogP contribution in [-0.4, -0.2) is 34.1 Å². The number of carboxylic acids is 1. The van der Waals surface area contributed by atoms with Gasteiger partial charge < -0.3 is 10.0 Å². The second-order valence-corrected chi connectivity index (χ2v) is 6.98. The van der Waals surface area contributed by atoms with Crippen LogP contribution in [0.3, 0.4) is 0 Å². The largest absolute Gasteiger partial charge is 0.481 e. The maximum Gasteiger partial charge on any atom is 0.306 e. The summed E-state index contributed by atoms with van der Waals surface area (Å²) in [4.78, 5) is 28.5. The number of hydrogen-bond donors (Lipinski definition) is 1. The second-order valence-electron chi connectivity index (χ2n) is 6.98. The van der Waals surface area contributed by atoms with E-state index < -0.39 is 10.9 Å². The first kappa shape index (κ1) is 17.9. The molecule has 1 saturated heterocycles. The predicted molar refractivity (Wildman–Crippen MR) is 106 cm³/mol. The van der Waals surface area contributed by atoms with Crippen molar-refractivity contribution in [3.8, 4) is 11.1 Å². The molecule has 28 heavy (non-hydrogen) atoms. The Morgan fingerprint density at radius 2 is 1.82 bits per heavy atom. The number of nitro groups is 1. The van der Waals surface area contributed by atoms with Crippen LogP contribution < -0.4 is 4.90 Å². The lowest BCUT2D eigenvalue weighted by Gasteiger charge is -2.31. The highest BCUT2D eigenvalue weighted by Gasteiger charge is 2.25. The fraction of sp³-hybridized carbons (Fsp3) is 0.238. The number of carboxylic acid groups (broad SMARTS) is 1. The molecule has 1 aromatic heterocycles. The summed E-state index contributed by atoms with van der Waals surface area (Å²) >= 11 is 0. The van der Waals surface area contributed by atoms with Crippen LogP contribution in [0.25, 0.3) is 22.0 Å². The van der Waals surface area contributed by atoms with Crippen LogP contribution in [0, 0.1) is 16.0 Å². The summed E-state index contributed by atoms with van der Waals surface area (Å²) in [7, 11) is 0. The van der Waals surface area contributed by atoms with Crippen LogP contribution in [0.5, 0.6) is 0 Å². The van der Waals surface area contributed by atoms with Gasteiger partial charge in [0.2, 0.25) is 0 Å². The number of rotatable bonds is 4. The summed E-state index contributed by atoms with van der Waals surface area (Å²) in [6.45, 7) is 1.36. The molecule has 142 valence electrons. The van der Waals surface area contributed by atoms with Crippen LogP contribution in [0.15, 0.2) is 54.6 Å². The average Bonchev–Trinajstić information content (AvgIpc) is 2.73. The molecule has 7 heteroatoms. The first-order valence-electron chi connectivity index (χ1n) is 9.15. The molecule has 2 heterocycles. The van der Waals surface area contributed by atoms with Gasteiger partial charge in [-0.25, -0.2) is 4.98 Å². The fourth-order valence-electron chi connectivity index (χ4n) is 3.63. The molecule has 0 unspecified atom stereocenters. The van der Waals surface area contributed by atoms with Crippen molar-refractivity contribution in [1.82, 2.24) is 4.98 Å². The summed E-state index contributed by atoms with van der Waals surface area (Å²) in [5.74, 6) is -0.145. The van der Waals surface area contributed by atoms with Crippen molar-refractivity contribution in [3.05, 3.63) is 64.7 Å². The number of piperidine rings is 1. The number of benzene rings is 2. The number of carbonyl (C=O) groups is 1. The molecule has 2 aromatic carbocycles. The van der Waals surface area contributed by atoms with E-state index in [4.69, 9.17) is 10.1 Å². The number of aliphatic carboxylic acids is 1. The summed E-state index contributed by atoms with van der Waals surface area (Å²) in [6, 6.07) is 16.3. The zero-order valence-electron chi connectivity index (χ0n) is 15.1. The fourth-order valence-corrected chi connectivity index (χ4v) is 3.63. The molecule has 0 spiro atoms. The smallest absolute Gasteiger partial charge is 0.306 e. The molecular formula is C21H19N3O4. The Morgan fingerprint density at radius 1 is 1.07 bits per heavy atom. The van der Waals surface area contributed by atoms with Crippen LogP contribution >= 0.6 is 0 Å². The van der Waals surface area contributed by atoms with Crippen molar-refractivity contribution in [1.29, 1.82) is 0 Å². The van der Waals surface area contributed by atoms with Gasteiger partial charge >= 0.3 is 5.97 Å². The molecule has 0 aliphatic carbocycles. The Morgan fingerprint density at radius 3 is 2.54 bits per heavy atom. The molecule has 0 atom stereocenters. The van der Waals surface area contributed by atoms with Gasteiger partial charge in [0.1, 0.15) is 5.82 Å². The Hall–Kier alpha value is -3.48. The zero-order valence-corrected chi connectivity index (χ0v) is 15.1. The number of non-ortho nitro benzene ring substituents is 1. The summed E-state index contributed by atoms with van der Waals surface area (Å²) in [5, 5.41) is 21.1. The minimum absolute atomic E-state index is 0.0656. The maximum absolute atomic E-state index is 11.1. The van der Waals surface area contributed by atoms with E-state index in [0.717, 1.165) is 27.8 Å². The molecule has 7 nitrogen and oxygen atoms in total. The van der Waals surface area contributed by atoms with Crippen molar-refractivity contribution in [2.24, 2.45) is 5.92 Å². The Balaban J connectivity index is 1.59. The lowest BCUT2D eigenvalue weighted by Crippen LogP contribution is -2.36. The molecule has 1 fully saturated rings. The van der Waals surface area contributed by atoms with E-state index in [-0.39, 0.29) is 11.6 Å². The molecule has 1 aliphatic rings. The summed E-state index contributed by atoms with van der Waals surface area (Å²) in [5.41, 5.74) is 2.59. The SMILES string of the molecule is O=C(O)C1CCN(c2ccc3cc(-c4cccc([N+](=O)[O-])c4)ccc3n2)CC1. The molecular weight excluding hydrogens is 358 g/mol. The third-order valence-corrected chi connectivity index (χ3v) is 5.23. The van der Waals surface area contributed by atoms with Crippen LogP contribution in [0.2, 0.25) is 0 Å². The van der Waals surface area contributed by atoms with E-state index in [1.54, 1.807) is 12.1 Å². The lowest BCUT2D eigenvalue weighted by atomic mass is 9.97. The number of pyridine rings is 1. The van der Waals surface area contributed by atoms with Crippen molar-refractivity contribution in [3.63, 3.8) is 0 Å². The highest BCUT2D eigenvalue weighted by Crippen LogP contribution is 2.29. The zero-order chi connectivity index (χ0) is 19.7. The van der Waals surface area contributed by atoms with Gasteiger partial charge in [-0.15, -0.1) is 0 Å². The summed E-state index contributed by atoms with van der Waals surface area (Å²) < 4.78 is 0. The number of anilines is 1. The minimum atomic E-state index is -0.722. The Bertz CT molecular complexity index is 1060.